The normalized spacial score (nSPS) is 15.8. The predicted octanol–water partition coefficient (Wildman–Crippen LogP) is 2.63. The largest absolute Gasteiger partial charge is 0.325 e. The number of nitrogens with two attached hydrogens (primary N) is 1. The van der Waals surface area contributed by atoms with Crippen LogP contribution in [0.3, 0.4) is 0 Å². The lowest BCUT2D eigenvalue weighted by Gasteiger charge is -2.14. The van der Waals surface area contributed by atoms with Gasteiger partial charge in [0, 0.05) is 16.8 Å². The molecule has 1 atom stereocenters. The van der Waals surface area contributed by atoms with Crippen LogP contribution in [0, 0.1) is 0 Å². The quantitative estimate of drug-likeness (QED) is 0.851. The average molecular weight is 239 g/mol. The third-order valence-electron chi connectivity index (χ3n) is 2.85. The van der Waals surface area contributed by atoms with E-state index in [4.69, 9.17) is 17.3 Å². The van der Waals surface area contributed by atoms with Crippen LogP contribution in [-0.4, -0.2) is 5.91 Å². The summed E-state index contributed by atoms with van der Waals surface area (Å²) < 4.78 is 0. The molecule has 86 valence electrons. The van der Waals surface area contributed by atoms with Crippen LogP contribution in [0.25, 0.3) is 0 Å². The van der Waals surface area contributed by atoms with E-state index in [1.165, 1.54) is 0 Å². The van der Waals surface area contributed by atoms with E-state index >= 15 is 0 Å². The van der Waals surface area contributed by atoms with Gasteiger partial charge in [0.1, 0.15) is 0 Å². The fourth-order valence-electron chi connectivity index (χ4n) is 2.02. The molecule has 0 saturated heterocycles. The summed E-state index contributed by atoms with van der Waals surface area (Å²) in [5.74, 6) is 0.0206. The van der Waals surface area contributed by atoms with Gasteiger partial charge in [0.25, 0.3) is 0 Å². The van der Waals surface area contributed by atoms with Gasteiger partial charge in [0.2, 0.25) is 5.91 Å². The van der Waals surface area contributed by atoms with Gasteiger partial charge in [0.15, 0.2) is 0 Å². The number of hydrogen-bond donors (Lipinski definition) is 2. The minimum absolute atomic E-state index is 0.0206. The number of carbonyl (C=O) groups excluding carboxylic acids is 1. The third kappa shape index (κ3) is 2.06. The maximum atomic E-state index is 11.2. The molecular weight excluding hydrogens is 224 g/mol. The van der Waals surface area contributed by atoms with Gasteiger partial charge in [-0.2, -0.15) is 0 Å². The van der Waals surface area contributed by atoms with E-state index < -0.39 is 0 Å². The minimum atomic E-state index is -0.0431. The van der Waals surface area contributed by atoms with Gasteiger partial charge in [-0.3, -0.25) is 4.79 Å². The first kappa shape index (κ1) is 11.4. The molecule has 4 heteroatoms. The van der Waals surface area contributed by atoms with Crippen LogP contribution in [0.5, 0.6) is 0 Å². The van der Waals surface area contributed by atoms with Crippen molar-refractivity contribution >= 4 is 23.2 Å². The van der Waals surface area contributed by atoms with Crippen molar-refractivity contribution in [1.82, 2.24) is 0 Å². The van der Waals surface area contributed by atoms with Crippen molar-refractivity contribution in [3.05, 3.63) is 28.3 Å². The number of amides is 1. The van der Waals surface area contributed by atoms with E-state index in [9.17, 15) is 4.79 Å². The molecule has 3 N–H and O–H groups in total. The summed E-state index contributed by atoms with van der Waals surface area (Å²) in [7, 11) is 0. The summed E-state index contributed by atoms with van der Waals surface area (Å²) in [4.78, 5) is 11.2. The van der Waals surface area contributed by atoms with Gasteiger partial charge >= 0.3 is 0 Å². The second-order valence-corrected chi connectivity index (χ2v) is 4.56. The summed E-state index contributed by atoms with van der Waals surface area (Å²) in [6.45, 7) is 2.09. The number of carbonyl (C=O) groups is 1. The maximum absolute atomic E-state index is 11.2. The molecule has 1 amide bonds. The Bertz CT molecular complexity index is 431. The Morgan fingerprint density at radius 3 is 3.00 bits per heavy atom. The molecule has 1 aromatic carbocycles. The summed E-state index contributed by atoms with van der Waals surface area (Å²) >= 11 is 6.15. The number of halogens is 1. The Kier molecular flexibility index (Phi) is 3.17. The number of benzene rings is 1. The van der Waals surface area contributed by atoms with E-state index in [1.54, 1.807) is 6.07 Å². The van der Waals surface area contributed by atoms with Gasteiger partial charge in [-0.1, -0.05) is 31.0 Å². The topological polar surface area (TPSA) is 55.1 Å². The fourth-order valence-corrected chi connectivity index (χ4v) is 2.32. The highest BCUT2D eigenvalue weighted by Gasteiger charge is 2.21. The smallest absolute Gasteiger partial charge is 0.228 e. The Hall–Kier alpha value is -1.06. The number of rotatable bonds is 3. The molecule has 3 nitrogen and oxygen atoms in total. The number of anilines is 1. The lowest BCUT2D eigenvalue weighted by Crippen LogP contribution is -2.10. The Morgan fingerprint density at radius 1 is 1.56 bits per heavy atom. The molecule has 1 aliphatic rings. The Labute approximate surface area is 100.0 Å². The minimum Gasteiger partial charge on any atom is -0.325 e. The van der Waals surface area contributed by atoms with Crippen LogP contribution in [0.4, 0.5) is 5.69 Å². The standard InChI is InChI=1S/C12H15ClN2O/c1-2-3-10(14)8-4-7-5-12(16)15-11(7)6-9(8)13/h4,6,10H,2-3,5,14H2,1H3,(H,15,16). The Balaban J connectivity index is 2.34. The van der Waals surface area contributed by atoms with E-state index in [-0.39, 0.29) is 11.9 Å². The number of nitrogens with one attached hydrogen (secondary N) is 1. The zero-order valence-electron chi connectivity index (χ0n) is 9.22. The summed E-state index contributed by atoms with van der Waals surface area (Å²) in [5, 5.41) is 3.41. The second kappa shape index (κ2) is 4.44. The Morgan fingerprint density at radius 2 is 2.31 bits per heavy atom. The molecule has 0 aliphatic carbocycles. The first-order valence-electron chi connectivity index (χ1n) is 5.49. The molecular formula is C12H15ClN2O. The molecule has 1 aliphatic heterocycles. The first-order valence-corrected chi connectivity index (χ1v) is 5.87. The van der Waals surface area contributed by atoms with Crippen molar-refractivity contribution in [2.45, 2.75) is 32.2 Å². The molecule has 16 heavy (non-hydrogen) atoms. The highest BCUT2D eigenvalue weighted by atomic mass is 35.5. The van der Waals surface area contributed by atoms with Gasteiger partial charge in [-0.15, -0.1) is 0 Å². The van der Waals surface area contributed by atoms with Crippen molar-refractivity contribution in [2.75, 3.05) is 5.32 Å². The van der Waals surface area contributed by atoms with Gasteiger partial charge < -0.3 is 11.1 Å². The molecule has 1 aromatic rings. The van der Waals surface area contributed by atoms with E-state index in [0.29, 0.717) is 11.4 Å². The average Bonchev–Trinajstić information content (AvgIpc) is 2.56. The fraction of sp³-hybridized carbons (Fsp3) is 0.417. The van der Waals surface area contributed by atoms with Crippen molar-refractivity contribution < 1.29 is 4.79 Å². The highest BCUT2D eigenvalue weighted by molar-refractivity contribution is 6.32. The zero-order valence-corrected chi connectivity index (χ0v) is 9.97. The van der Waals surface area contributed by atoms with Crippen LogP contribution in [-0.2, 0) is 11.2 Å². The van der Waals surface area contributed by atoms with E-state index in [1.807, 2.05) is 6.07 Å². The van der Waals surface area contributed by atoms with Crippen LogP contribution in [0.2, 0.25) is 5.02 Å². The molecule has 0 aromatic heterocycles. The zero-order chi connectivity index (χ0) is 11.7. The van der Waals surface area contributed by atoms with Gasteiger partial charge in [-0.25, -0.2) is 0 Å². The van der Waals surface area contributed by atoms with Crippen LogP contribution >= 0.6 is 11.6 Å². The van der Waals surface area contributed by atoms with E-state index in [2.05, 4.69) is 12.2 Å². The van der Waals surface area contributed by atoms with Gasteiger partial charge in [-0.05, 0) is 23.6 Å². The molecule has 0 radical (unpaired) electrons. The molecule has 1 unspecified atom stereocenters. The number of hydrogen-bond acceptors (Lipinski definition) is 2. The first-order chi connectivity index (χ1) is 7.61. The van der Waals surface area contributed by atoms with Crippen LogP contribution in [0.1, 0.15) is 36.9 Å². The second-order valence-electron chi connectivity index (χ2n) is 4.15. The van der Waals surface area contributed by atoms with Crippen molar-refractivity contribution in [2.24, 2.45) is 5.73 Å². The molecule has 0 spiro atoms. The summed E-state index contributed by atoms with van der Waals surface area (Å²) in [6, 6.07) is 3.71. The maximum Gasteiger partial charge on any atom is 0.228 e. The predicted molar refractivity (Wildman–Crippen MR) is 65.6 cm³/mol. The summed E-state index contributed by atoms with van der Waals surface area (Å²) in [6.07, 6.45) is 2.35. The monoisotopic (exact) mass is 238 g/mol. The van der Waals surface area contributed by atoms with Gasteiger partial charge in [0.05, 0.1) is 6.42 Å². The number of fused-ring (bicyclic) bond motifs is 1. The van der Waals surface area contributed by atoms with Crippen LogP contribution < -0.4 is 11.1 Å². The van der Waals surface area contributed by atoms with Crippen molar-refractivity contribution in [1.29, 1.82) is 0 Å². The lowest BCUT2D eigenvalue weighted by molar-refractivity contribution is -0.115. The van der Waals surface area contributed by atoms with Crippen molar-refractivity contribution in [3.8, 4) is 0 Å². The molecule has 0 bridgehead atoms. The van der Waals surface area contributed by atoms with Crippen LogP contribution in [0.15, 0.2) is 12.1 Å². The molecule has 2 rings (SSSR count). The van der Waals surface area contributed by atoms with Crippen molar-refractivity contribution in [3.63, 3.8) is 0 Å². The third-order valence-corrected chi connectivity index (χ3v) is 3.17. The SMILES string of the molecule is CCCC(N)c1cc2c(cc1Cl)NC(=O)C2. The molecule has 1 heterocycles. The molecule has 0 saturated carbocycles. The molecule has 0 fully saturated rings. The summed E-state index contributed by atoms with van der Waals surface area (Å²) in [5.41, 5.74) is 8.81. The lowest BCUT2D eigenvalue weighted by atomic mass is 10.00. The van der Waals surface area contributed by atoms with E-state index in [0.717, 1.165) is 29.7 Å². The highest BCUT2D eigenvalue weighted by Crippen LogP contribution is 2.33.